The predicted molar refractivity (Wildman–Crippen MR) is 111 cm³/mol. The van der Waals surface area contributed by atoms with Crippen LogP contribution in [0.4, 0.5) is 10.1 Å². The van der Waals surface area contributed by atoms with Crippen LogP contribution in [0.1, 0.15) is 11.1 Å². The van der Waals surface area contributed by atoms with Crippen LogP contribution in [-0.4, -0.2) is 27.7 Å². The van der Waals surface area contributed by atoms with E-state index in [0.29, 0.717) is 18.7 Å². The molecule has 0 bridgehead atoms. The highest BCUT2D eigenvalue weighted by molar-refractivity contribution is 7.92. The molecule has 0 saturated heterocycles. The standard InChI is InChI=1S/C21H19FN2O4S2/c22-18-7-10-20(11-8-18)29(25,26)23-19-9-6-16-12-13-24(15-17(16)14-19)30(27,28)21-4-2-1-3-5-21/h1-11,14,23H,12-13,15H2. The van der Waals surface area contributed by atoms with Gasteiger partial charge in [0.25, 0.3) is 10.0 Å². The van der Waals surface area contributed by atoms with E-state index in [1.54, 1.807) is 48.5 Å². The highest BCUT2D eigenvalue weighted by Crippen LogP contribution is 2.28. The highest BCUT2D eigenvalue weighted by Gasteiger charge is 2.28. The molecule has 0 aliphatic carbocycles. The summed E-state index contributed by atoms with van der Waals surface area (Å²) in [6.07, 6.45) is 0.534. The third-order valence-electron chi connectivity index (χ3n) is 4.94. The van der Waals surface area contributed by atoms with Gasteiger partial charge in [0.2, 0.25) is 10.0 Å². The van der Waals surface area contributed by atoms with Crippen molar-refractivity contribution in [2.45, 2.75) is 22.8 Å². The Hall–Kier alpha value is -2.75. The summed E-state index contributed by atoms with van der Waals surface area (Å²) in [6.45, 7) is 0.504. The molecule has 3 aromatic carbocycles. The maximum atomic E-state index is 13.1. The summed E-state index contributed by atoms with van der Waals surface area (Å²) in [7, 11) is -7.53. The Labute approximate surface area is 175 Å². The number of rotatable bonds is 5. The second-order valence-corrected chi connectivity index (χ2v) is 10.6. The number of hydrogen-bond donors (Lipinski definition) is 1. The summed E-state index contributed by atoms with van der Waals surface area (Å²) in [6, 6.07) is 17.8. The van der Waals surface area contributed by atoms with Crippen LogP contribution in [0.15, 0.2) is 82.6 Å². The fourth-order valence-corrected chi connectivity index (χ4v) is 5.86. The average Bonchev–Trinajstić information content (AvgIpc) is 2.74. The molecule has 0 spiro atoms. The van der Waals surface area contributed by atoms with Crippen molar-refractivity contribution in [1.82, 2.24) is 4.31 Å². The van der Waals surface area contributed by atoms with Gasteiger partial charge < -0.3 is 0 Å². The number of halogens is 1. The van der Waals surface area contributed by atoms with Crippen LogP contribution >= 0.6 is 0 Å². The van der Waals surface area contributed by atoms with Crippen LogP contribution in [-0.2, 0) is 33.0 Å². The minimum atomic E-state index is -3.89. The Morgan fingerprint density at radius 2 is 1.50 bits per heavy atom. The predicted octanol–water partition coefficient (Wildman–Crippen LogP) is 3.37. The fourth-order valence-electron chi connectivity index (χ4n) is 3.37. The van der Waals surface area contributed by atoms with Crippen molar-refractivity contribution in [2.75, 3.05) is 11.3 Å². The molecule has 30 heavy (non-hydrogen) atoms. The van der Waals surface area contributed by atoms with Crippen LogP contribution < -0.4 is 4.72 Å². The van der Waals surface area contributed by atoms with Gasteiger partial charge in [-0.3, -0.25) is 4.72 Å². The molecule has 156 valence electrons. The first-order valence-electron chi connectivity index (χ1n) is 9.21. The molecule has 0 amide bonds. The van der Waals surface area contributed by atoms with Crippen molar-refractivity contribution in [2.24, 2.45) is 0 Å². The first kappa shape index (κ1) is 20.5. The van der Waals surface area contributed by atoms with E-state index in [0.717, 1.165) is 23.3 Å². The topological polar surface area (TPSA) is 83.6 Å². The van der Waals surface area contributed by atoms with E-state index >= 15 is 0 Å². The molecule has 0 aromatic heterocycles. The third kappa shape index (κ3) is 4.09. The van der Waals surface area contributed by atoms with Gasteiger partial charge in [-0.25, -0.2) is 21.2 Å². The second-order valence-electron chi connectivity index (χ2n) is 6.94. The maximum Gasteiger partial charge on any atom is 0.261 e. The monoisotopic (exact) mass is 446 g/mol. The molecule has 0 saturated carbocycles. The van der Waals surface area contributed by atoms with Gasteiger partial charge in [-0.15, -0.1) is 0 Å². The summed E-state index contributed by atoms with van der Waals surface area (Å²) >= 11 is 0. The first-order chi connectivity index (χ1) is 14.3. The zero-order chi connectivity index (χ0) is 21.4. The van der Waals surface area contributed by atoms with Crippen molar-refractivity contribution >= 4 is 25.7 Å². The molecule has 4 rings (SSSR count). The molecule has 9 heteroatoms. The number of nitrogens with zero attached hydrogens (tertiary/aromatic N) is 1. The molecule has 1 heterocycles. The van der Waals surface area contributed by atoms with E-state index in [-0.39, 0.29) is 16.3 Å². The molecule has 1 aliphatic heterocycles. The van der Waals surface area contributed by atoms with Gasteiger partial charge in [-0.2, -0.15) is 4.31 Å². The van der Waals surface area contributed by atoms with Crippen LogP contribution in [0.25, 0.3) is 0 Å². The molecule has 0 fully saturated rings. The summed E-state index contributed by atoms with van der Waals surface area (Å²) in [5.41, 5.74) is 2.02. The van der Waals surface area contributed by atoms with E-state index in [2.05, 4.69) is 4.72 Å². The van der Waals surface area contributed by atoms with Crippen LogP contribution in [0.2, 0.25) is 0 Å². The number of anilines is 1. The minimum Gasteiger partial charge on any atom is -0.280 e. The molecule has 0 atom stereocenters. The lowest BCUT2D eigenvalue weighted by molar-refractivity contribution is 0.391. The average molecular weight is 447 g/mol. The lowest BCUT2D eigenvalue weighted by Crippen LogP contribution is -2.36. The number of benzene rings is 3. The Balaban J connectivity index is 1.58. The molecule has 1 N–H and O–H groups in total. The van der Waals surface area contributed by atoms with Gasteiger partial charge in [-0.05, 0) is 66.1 Å². The normalized spacial score (nSPS) is 14.8. The van der Waals surface area contributed by atoms with E-state index < -0.39 is 25.9 Å². The highest BCUT2D eigenvalue weighted by atomic mass is 32.2. The molecule has 1 aliphatic rings. The smallest absolute Gasteiger partial charge is 0.261 e. The Morgan fingerprint density at radius 3 is 2.20 bits per heavy atom. The van der Waals surface area contributed by atoms with Gasteiger partial charge >= 0.3 is 0 Å². The summed E-state index contributed by atoms with van der Waals surface area (Å²) in [4.78, 5) is 0.163. The second kappa shape index (κ2) is 7.82. The van der Waals surface area contributed by atoms with Crippen molar-refractivity contribution in [3.05, 3.63) is 89.7 Å². The van der Waals surface area contributed by atoms with Crippen molar-refractivity contribution in [1.29, 1.82) is 0 Å². The Bertz CT molecular complexity index is 1280. The van der Waals surface area contributed by atoms with E-state index in [1.807, 2.05) is 0 Å². The van der Waals surface area contributed by atoms with Crippen molar-refractivity contribution in [3.63, 3.8) is 0 Å². The molecular formula is C21H19FN2O4S2. The molecule has 3 aromatic rings. The van der Waals surface area contributed by atoms with Crippen LogP contribution in [0, 0.1) is 5.82 Å². The number of nitrogens with one attached hydrogen (secondary N) is 1. The third-order valence-corrected chi connectivity index (χ3v) is 8.20. The van der Waals surface area contributed by atoms with Gasteiger partial charge in [-0.1, -0.05) is 24.3 Å². The largest absolute Gasteiger partial charge is 0.280 e. The summed E-state index contributed by atoms with van der Waals surface area (Å²) in [5.74, 6) is -0.526. The summed E-state index contributed by atoms with van der Waals surface area (Å²) < 4.78 is 67.9. The SMILES string of the molecule is O=S(=O)(Nc1ccc2c(c1)CN(S(=O)(=O)c1ccccc1)CC2)c1ccc(F)cc1. The zero-order valence-corrected chi connectivity index (χ0v) is 17.5. The lowest BCUT2D eigenvalue weighted by Gasteiger charge is -2.28. The van der Waals surface area contributed by atoms with Gasteiger partial charge in [0.15, 0.2) is 0 Å². The lowest BCUT2D eigenvalue weighted by atomic mass is 10.0. The fraction of sp³-hybridized carbons (Fsp3) is 0.143. The van der Waals surface area contributed by atoms with Crippen molar-refractivity contribution in [3.8, 4) is 0 Å². The number of hydrogen-bond acceptors (Lipinski definition) is 4. The molecule has 0 radical (unpaired) electrons. The molecule has 0 unspecified atom stereocenters. The van der Waals surface area contributed by atoms with Crippen LogP contribution in [0.5, 0.6) is 0 Å². The number of fused-ring (bicyclic) bond motifs is 1. The first-order valence-corrected chi connectivity index (χ1v) is 12.1. The zero-order valence-electron chi connectivity index (χ0n) is 15.8. The minimum absolute atomic E-state index is 0.0603. The van der Waals surface area contributed by atoms with Crippen LogP contribution in [0.3, 0.4) is 0 Å². The Kier molecular flexibility index (Phi) is 5.35. The van der Waals surface area contributed by atoms with E-state index in [4.69, 9.17) is 0 Å². The summed E-state index contributed by atoms with van der Waals surface area (Å²) in [5, 5.41) is 0. The molecule has 6 nitrogen and oxygen atoms in total. The van der Waals surface area contributed by atoms with E-state index in [9.17, 15) is 21.2 Å². The Morgan fingerprint density at radius 1 is 0.800 bits per heavy atom. The quantitative estimate of drug-likeness (QED) is 0.651. The van der Waals surface area contributed by atoms with Gasteiger partial charge in [0.1, 0.15) is 5.82 Å². The van der Waals surface area contributed by atoms with Crippen molar-refractivity contribution < 1.29 is 21.2 Å². The van der Waals surface area contributed by atoms with Gasteiger partial charge in [0.05, 0.1) is 9.79 Å². The number of sulfonamides is 2. The maximum absolute atomic E-state index is 13.1. The van der Waals surface area contributed by atoms with Gasteiger partial charge in [0, 0.05) is 18.8 Å². The van der Waals surface area contributed by atoms with E-state index in [1.165, 1.54) is 16.4 Å². The molecular weight excluding hydrogens is 427 g/mol.